The largest absolute Gasteiger partial charge is 0.348 e. The monoisotopic (exact) mass is 363 g/mol. The second kappa shape index (κ2) is 7.28. The van der Waals surface area contributed by atoms with E-state index in [0.717, 1.165) is 30.5 Å². The number of nitrogens with zero attached hydrogens (tertiary/aromatic N) is 2. The van der Waals surface area contributed by atoms with Gasteiger partial charge in [0.1, 0.15) is 5.82 Å². The van der Waals surface area contributed by atoms with Gasteiger partial charge < -0.3 is 5.32 Å². The van der Waals surface area contributed by atoms with Gasteiger partial charge in [-0.3, -0.25) is 9.78 Å². The zero-order valence-electron chi connectivity index (χ0n) is 13.5. The summed E-state index contributed by atoms with van der Waals surface area (Å²) in [4.78, 5) is 16.1. The molecule has 0 atom stereocenters. The van der Waals surface area contributed by atoms with Crippen molar-refractivity contribution in [2.24, 2.45) is 0 Å². The number of halogens is 1. The van der Waals surface area contributed by atoms with Crippen LogP contribution in [-0.4, -0.2) is 36.7 Å². The molecule has 1 aliphatic heterocycles. The lowest BCUT2D eigenvalue weighted by molar-refractivity contribution is 0.0946. The number of aromatic nitrogens is 1. The normalized spacial score (nSPS) is 15.2. The fourth-order valence-corrected chi connectivity index (χ4v) is 4.24. The zero-order valence-corrected chi connectivity index (χ0v) is 14.3. The predicted molar refractivity (Wildman–Crippen MR) is 89.8 cm³/mol. The number of pyridine rings is 1. The van der Waals surface area contributed by atoms with E-state index in [9.17, 15) is 17.6 Å². The summed E-state index contributed by atoms with van der Waals surface area (Å²) in [5.74, 6) is -1.43. The average molecular weight is 363 g/mol. The number of rotatable bonds is 5. The van der Waals surface area contributed by atoms with Crippen molar-refractivity contribution in [2.45, 2.75) is 24.3 Å². The fourth-order valence-electron chi connectivity index (χ4n) is 2.70. The maximum absolute atomic E-state index is 14.0. The smallest absolute Gasteiger partial charge is 0.254 e. The zero-order chi connectivity index (χ0) is 17.9. The van der Waals surface area contributed by atoms with Crippen molar-refractivity contribution in [2.75, 3.05) is 13.1 Å². The molecule has 0 saturated carbocycles. The Kier molecular flexibility index (Phi) is 5.10. The summed E-state index contributed by atoms with van der Waals surface area (Å²) in [7, 11) is -3.70. The van der Waals surface area contributed by atoms with Crippen LogP contribution in [0.1, 0.15) is 28.8 Å². The molecule has 132 valence electrons. The van der Waals surface area contributed by atoms with Gasteiger partial charge >= 0.3 is 0 Å². The van der Waals surface area contributed by atoms with E-state index in [0.29, 0.717) is 13.1 Å². The third kappa shape index (κ3) is 3.85. The Hall–Kier alpha value is -2.32. The standard InChI is InChI=1S/C17H18FN3O3S/c18-16-6-5-14(25(23,24)21-8-1-2-9-21)10-15(16)17(22)20-12-13-4-3-7-19-11-13/h3-7,10-11H,1-2,8-9,12H2,(H,20,22). The molecule has 2 heterocycles. The second-order valence-electron chi connectivity index (χ2n) is 5.80. The van der Waals surface area contributed by atoms with Gasteiger partial charge in [-0.1, -0.05) is 6.07 Å². The van der Waals surface area contributed by atoms with Gasteiger partial charge in [0.15, 0.2) is 0 Å². The van der Waals surface area contributed by atoms with Crippen LogP contribution >= 0.6 is 0 Å². The first kappa shape index (κ1) is 17.5. The minimum absolute atomic E-state index is 0.0673. The maximum Gasteiger partial charge on any atom is 0.254 e. The molecule has 6 nitrogen and oxygen atoms in total. The van der Waals surface area contributed by atoms with E-state index in [4.69, 9.17) is 0 Å². The molecule has 3 rings (SSSR count). The molecule has 2 aromatic rings. The van der Waals surface area contributed by atoms with Gasteiger partial charge in [-0.05, 0) is 42.7 Å². The molecule has 1 aliphatic rings. The van der Waals surface area contributed by atoms with Crippen LogP contribution in [0.4, 0.5) is 4.39 Å². The molecule has 0 unspecified atom stereocenters. The molecule has 8 heteroatoms. The Morgan fingerprint density at radius 1 is 1.24 bits per heavy atom. The van der Waals surface area contributed by atoms with Gasteiger partial charge in [0.2, 0.25) is 10.0 Å². The lowest BCUT2D eigenvalue weighted by atomic mass is 10.2. The number of amides is 1. The Labute approximate surface area is 145 Å². The predicted octanol–water partition coefficient (Wildman–Crippen LogP) is 1.94. The molecular formula is C17H18FN3O3S. The van der Waals surface area contributed by atoms with E-state index in [-0.39, 0.29) is 17.0 Å². The molecule has 1 saturated heterocycles. The summed E-state index contributed by atoms with van der Waals surface area (Å²) in [6.07, 6.45) is 4.81. The summed E-state index contributed by atoms with van der Waals surface area (Å²) < 4.78 is 40.5. The molecule has 1 aromatic carbocycles. The minimum atomic E-state index is -3.70. The number of hydrogen-bond donors (Lipinski definition) is 1. The van der Waals surface area contributed by atoms with Crippen molar-refractivity contribution in [3.63, 3.8) is 0 Å². The number of carbonyl (C=O) groups excluding carboxylic acids is 1. The van der Waals surface area contributed by atoms with Crippen LogP contribution in [0.2, 0.25) is 0 Å². The molecule has 0 bridgehead atoms. The molecule has 0 spiro atoms. The number of benzene rings is 1. The summed E-state index contributed by atoms with van der Waals surface area (Å²) >= 11 is 0. The highest BCUT2D eigenvalue weighted by Gasteiger charge is 2.28. The number of carbonyl (C=O) groups is 1. The molecule has 0 aliphatic carbocycles. The molecule has 0 radical (unpaired) electrons. The first-order chi connectivity index (χ1) is 12.0. The summed E-state index contributed by atoms with van der Waals surface area (Å²) in [6.45, 7) is 1.07. The topological polar surface area (TPSA) is 79.4 Å². The highest BCUT2D eigenvalue weighted by Crippen LogP contribution is 2.22. The van der Waals surface area contributed by atoms with Crippen LogP contribution in [0, 0.1) is 5.82 Å². The average Bonchev–Trinajstić information content (AvgIpc) is 3.16. The van der Waals surface area contributed by atoms with Gasteiger partial charge in [0, 0.05) is 32.0 Å². The van der Waals surface area contributed by atoms with E-state index in [1.165, 1.54) is 10.4 Å². The van der Waals surface area contributed by atoms with E-state index in [1.807, 2.05) is 0 Å². The second-order valence-corrected chi connectivity index (χ2v) is 7.73. The van der Waals surface area contributed by atoms with Crippen molar-refractivity contribution in [3.8, 4) is 0 Å². The van der Waals surface area contributed by atoms with Gasteiger partial charge in [-0.25, -0.2) is 12.8 Å². The van der Waals surface area contributed by atoms with Gasteiger partial charge in [-0.2, -0.15) is 4.31 Å². The highest BCUT2D eigenvalue weighted by atomic mass is 32.2. The molecule has 25 heavy (non-hydrogen) atoms. The van der Waals surface area contributed by atoms with Gasteiger partial charge in [-0.15, -0.1) is 0 Å². The third-order valence-corrected chi connectivity index (χ3v) is 5.96. The van der Waals surface area contributed by atoms with Crippen molar-refractivity contribution in [3.05, 3.63) is 59.7 Å². The van der Waals surface area contributed by atoms with Crippen molar-refractivity contribution in [1.29, 1.82) is 0 Å². The third-order valence-electron chi connectivity index (χ3n) is 4.06. The van der Waals surface area contributed by atoms with E-state index in [1.54, 1.807) is 24.5 Å². The summed E-state index contributed by atoms with van der Waals surface area (Å²) in [6, 6.07) is 6.81. The summed E-state index contributed by atoms with van der Waals surface area (Å²) in [5.41, 5.74) is 0.473. The first-order valence-corrected chi connectivity index (χ1v) is 9.39. The van der Waals surface area contributed by atoms with Gasteiger partial charge in [0.25, 0.3) is 5.91 Å². The maximum atomic E-state index is 14.0. The fraction of sp³-hybridized carbons (Fsp3) is 0.294. The minimum Gasteiger partial charge on any atom is -0.348 e. The number of nitrogens with one attached hydrogen (secondary N) is 1. The summed E-state index contributed by atoms with van der Waals surface area (Å²) in [5, 5.41) is 2.58. The highest BCUT2D eigenvalue weighted by molar-refractivity contribution is 7.89. The lowest BCUT2D eigenvalue weighted by Crippen LogP contribution is -2.29. The van der Waals surface area contributed by atoms with Crippen LogP contribution in [0.15, 0.2) is 47.6 Å². The number of sulfonamides is 1. The van der Waals surface area contributed by atoms with Crippen molar-refractivity contribution in [1.82, 2.24) is 14.6 Å². The Bertz CT molecular complexity index is 866. The van der Waals surface area contributed by atoms with Crippen molar-refractivity contribution < 1.29 is 17.6 Å². The molecule has 1 aromatic heterocycles. The molecular weight excluding hydrogens is 345 g/mol. The Balaban J connectivity index is 1.80. The van der Waals surface area contributed by atoms with E-state index < -0.39 is 21.7 Å². The van der Waals surface area contributed by atoms with Crippen LogP contribution in [-0.2, 0) is 16.6 Å². The first-order valence-electron chi connectivity index (χ1n) is 7.95. The Morgan fingerprint density at radius 2 is 2.00 bits per heavy atom. The van der Waals surface area contributed by atoms with E-state index in [2.05, 4.69) is 10.3 Å². The van der Waals surface area contributed by atoms with Crippen LogP contribution < -0.4 is 5.32 Å². The van der Waals surface area contributed by atoms with Gasteiger partial charge in [0.05, 0.1) is 10.5 Å². The SMILES string of the molecule is O=C(NCc1cccnc1)c1cc(S(=O)(=O)N2CCCC2)ccc1F. The van der Waals surface area contributed by atoms with Crippen molar-refractivity contribution >= 4 is 15.9 Å². The molecule has 1 fully saturated rings. The Morgan fingerprint density at radius 3 is 2.68 bits per heavy atom. The van der Waals surface area contributed by atoms with E-state index >= 15 is 0 Å². The van der Waals surface area contributed by atoms with Crippen LogP contribution in [0.25, 0.3) is 0 Å². The molecule has 1 N–H and O–H groups in total. The lowest BCUT2D eigenvalue weighted by Gasteiger charge is -2.16. The number of hydrogen-bond acceptors (Lipinski definition) is 4. The van der Waals surface area contributed by atoms with Crippen LogP contribution in [0.5, 0.6) is 0 Å². The molecule has 1 amide bonds. The quantitative estimate of drug-likeness (QED) is 0.880. The van der Waals surface area contributed by atoms with Crippen LogP contribution in [0.3, 0.4) is 0 Å².